The highest BCUT2D eigenvalue weighted by atomic mass is 79.9. The SMILES string of the molecule is COC(=O)[C@@H]1CN(S(=O)(=O)c2ccccc2Br)c2ccccc2O1. The van der Waals surface area contributed by atoms with E-state index in [1.54, 1.807) is 42.5 Å². The molecule has 0 radical (unpaired) electrons. The van der Waals surface area contributed by atoms with Gasteiger partial charge in [-0.1, -0.05) is 24.3 Å². The minimum atomic E-state index is -3.88. The van der Waals surface area contributed by atoms with Gasteiger partial charge in [0.05, 0.1) is 19.3 Å². The van der Waals surface area contributed by atoms with E-state index in [1.165, 1.54) is 17.5 Å². The predicted octanol–water partition coefficient (Wildman–Crippen LogP) is 2.58. The number of para-hydroxylation sites is 2. The minimum absolute atomic E-state index is 0.116. The lowest BCUT2D eigenvalue weighted by Gasteiger charge is -2.34. The second-order valence-corrected chi connectivity index (χ2v) is 7.75. The van der Waals surface area contributed by atoms with Gasteiger partial charge in [-0.15, -0.1) is 0 Å². The van der Waals surface area contributed by atoms with Crippen LogP contribution in [0.4, 0.5) is 5.69 Å². The van der Waals surface area contributed by atoms with Gasteiger partial charge in [-0.25, -0.2) is 13.2 Å². The predicted molar refractivity (Wildman–Crippen MR) is 91.5 cm³/mol. The number of carbonyl (C=O) groups is 1. The van der Waals surface area contributed by atoms with Gasteiger partial charge in [0, 0.05) is 4.47 Å². The van der Waals surface area contributed by atoms with Crippen molar-refractivity contribution in [1.82, 2.24) is 0 Å². The average Bonchev–Trinajstić information content (AvgIpc) is 2.60. The monoisotopic (exact) mass is 411 g/mol. The summed E-state index contributed by atoms with van der Waals surface area (Å²) in [5.74, 6) is -0.313. The Kier molecular flexibility index (Phi) is 4.51. The molecule has 0 saturated carbocycles. The number of sulfonamides is 1. The molecule has 1 heterocycles. The van der Waals surface area contributed by atoms with Gasteiger partial charge < -0.3 is 9.47 Å². The van der Waals surface area contributed by atoms with Crippen LogP contribution in [0.15, 0.2) is 57.9 Å². The molecule has 1 aliphatic heterocycles. The van der Waals surface area contributed by atoms with E-state index in [2.05, 4.69) is 15.9 Å². The second-order valence-electron chi connectivity index (χ2n) is 5.06. The summed E-state index contributed by atoms with van der Waals surface area (Å²) in [7, 11) is -2.65. The molecule has 1 atom stereocenters. The zero-order valence-corrected chi connectivity index (χ0v) is 15.1. The highest BCUT2D eigenvalue weighted by Gasteiger charge is 2.38. The Morgan fingerprint density at radius 2 is 1.88 bits per heavy atom. The van der Waals surface area contributed by atoms with Crippen molar-refractivity contribution in [3.05, 3.63) is 53.0 Å². The van der Waals surface area contributed by atoms with Crippen LogP contribution in [-0.2, 0) is 19.6 Å². The summed E-state index contributed by atoms with van der Waals surface area (Å²) in [6.45, 7) is -0.159. The first-order valence-corrected chi connectivity index (χ1v) is 9.29. The molecule has 1 aliphatic rings. The molecule has 0 amide bonds. The van der Waals surface area contributed by atoms with Crippen molar-refractivity contribution in [3.8, 4) is 5.75 Å². The Labute approximate surface area is 148 Å². The highest BCUT2D eigenvalue weighted by molar-refractivity contribution is 9.10. The van der Waals surface area contributed by atoms with E-state index < -0.39 is 22.1 Å². The van der Waals surface area contributed by atoms with Crippen LogP contribution in [0.3, 0.4) is 0 Å². The fraction of sp³-hybridized carbons (Fsp3) is 0.188. The molecule has 126 valence electrons. The van der Waals surface area contributed by atoms with Crippen LogP contribution in [0.2, 0.25) is 0 Å². The number of methoxy groups -OCH3 is 1. The Hall–Kier alpha value is -2.06. The van der Waals surface area contributed by atoms with Crippen LogP contribution in [0.1, 0.15) is 0 Å². The van der Waals surface area contributed by atoms with E-state index in [-0.39, 0.29) is 11.4 Å². The number of ether oxygens (including phenoxy) is 2. The molecule has 0 spiro atoms. The Morgan fingerprint density at radius 3 is 2.58 bits per heavy atom. The van der Waals surface area contributed by atoms with Crippen LogP contribution in [-0.4, -0.2) is 34.1 Å². The summed E-state index contributed by atoms with van der Waals surface area (Å²) in [6.07, 6.45) is -1.03. The Balaban J connectivity index is 2.12. The summed E-state index contributed by atoms with van der Waals surface area (Å²) in [6, 6.07) is 13.2. The molecule has 2 aromatic rings. The summed E-state index contributed by atoms with van der Waals surface area (Å²) in [5, 5.41) is 0. The number of rotatable bonds is 3. The van der Waals surface area contributed by atoms with E-state index in [9.17, 15) is 13.2 Å². The Morgan fingerprint density at radius 1 is 1.21 bits per heavy atom. The summed E-state index contributed by atoms with van der Waals surface area (Å²) >= 11 is 3.27. The van der Waals surface area contributed by atoms with Crippen LogP contribution >= 0.6 is 15.9 Å². The van der Waals surface area contributed by atoms with Gasteiger partial charge in [0.15, 0.2) is 0 Å². The van der Waals surface area contributed by atoms with Gasteiger partial charge >= 0.3 is 5.97 Å². The van der Waals surface area contributed by atoms with Crippen molar-refractivity contribution in [2.75, 3.05) is 18.0 Å². The van der Waals surface area contributed by atoms with E-state index >= 15 is 0 Å². The van der Waals surface area contributed by atoms with Crippen molar-refractivity contribution in [3.63, 3.8) is 0 Å². The molecule has 8 heteroatoms. The molecule has 0 fully saturated rings. The number of nitrogens with zero attached hydrogens (tertiary/aromatic N) is 1. The zero-order valence-electron chi connectivity index (χ0n) is 12.7. The zero-order chi connectivity index (χ0) is 17.3. The maximum atomic E-state index is 13.1. The topological polar surface area (TPSA) is 72.9 Å². The molecule has 3 rings (SSSR count). The van der Waals surface area contributed by atoms with Gasteiger partial charge in [-0.3, -0.25) is 4.31 Å². The fourth-order valence-corrected chi connectivity index (χ4v) is 4.90. The number of hydrogen-bond donors (Lipinski definition) is 0. The number of halogens is 1. The molecule has 0 bridgehead atoms. The second kappa shape index (κ2) is 6.45. The number of esters is 1. The van der Waals surface area contributed by atoms with Gasteiger partial charge in [0.25, 0.3) is 10.0 Å². The number of carbonyl (C=O) groups excluding carboxylic acids is 1. The molecule has 0 unspecified atom stereocenters. The van der Waals surface area contributed by atoms with Crippen LogP contribution in [0, 0.1) is 0 Å². The van der Waals surface area contributed by atoms with Gasteiger partial charge in [-0.05, 0) is 40.2 Å². The number of fused-ring (bicyclic) bond motifs is 1. The molecule has 0 N–H and O–H groups in total. The highest BCUT2D eigenvalue weighted by Crippen LogP contribution is 2.38. The van der Waals surface area contributed by atoms with Crippen LogP contribution in [0.5, 0.6) is 5.75 Å². The van der Waals surface area contributed by atoms with Gasteiger partial charge in [0.2, 0.25) is 6.10 Å². The third-order valence-electron chi connectivity index (χ3n) is 3.60. The normalized spacial score (nSPS) is 16.9. The maximum absolute atomic E-state index is 13.1. The first kappa shape index (κ1) is 16.8. The minimum Gasteiger partial charge on any atom is -0.475 e. The first-order valence-electron chi connectivity index (χ1n) is 7.06. The van der Waals surface area contributed by atoms with Crippen molar-refractivity contribution in [2.45, 2.75) is 11.0 Å². The third-order valence-corrected chi connectivity index (χ3v) is 6.40. The van der Waals surface area contributed by atoms with E-state index in [4.69, 9.17) is 9.47 Å². The van der Waals surface area contributed by atoms with Crippen molar-refractivity contribution >= 4 is 37.6 Å². The quantitative estimate of drug-likeness (QED) is 0.725. The third kappa shape index (κ3) is 2.87. The number of hydrogen-bond acceptors (Lipinski definition) is 5. The van der Waals surface area contributed by atoms with Crippen LogP contribution < -0.4 is 9.04 Å². The lowest BCUT2D eigenvalue weighted by molar-refractivity contribution is -0.148. The molecule has 0 saturated heterocycles. The Bertz CT molecular complexity index is 884. The van der Waals surface area contributed by atoms with Crippen molar-refractivity contribution < 1.29 is 22.7 Å². The smallest absolute Gasteiger partial charge is 0.348 e. The van der Waals surface area contributed by atoms with Crippen molar-refractivity contribution in [1.29, 1.82) is 0 Å². The van der Waals surface area contributed by atoms with E-state index in [0.29, 0.717) is 15.9 Å². The molecule has 6 nitrogen and oxygen atoms in total. The van der Waals surface area contributed by atoms with Crippen LogP contribution in [0.25, 0.3) is 0 Å². The van der Waals surface area contributed by atoms with E-state index in [1.807, 2.05) is 0 Å². The lowest BCUT2D eigenvalue weighted by Crippen LogP contribution is -2.47. The number of anilines is 1. The molecule has 24 heavy (non-hydrogen) atoms. The lowest BCUT2D eigenvalue weighted by atomic mass is 10.2. The van der Waals surface area contributed by atoms with E-state index in [0.717, 1.165) is 0 Å². The number of benzene rings is 2. The average molecular weight is 412 g/mol. The van der Waals surface area contributed by atoms with Gasteiger partial charge in [-0.2, -0.15) is 0 Å². The van der Waals surface area contributed by atoms with Gasteiger partial charge in [0.1, 0.15) is 10.6 Å². The summed E-state index contributed by atoms with van der Waals surface area (Å²) < 4.78 is 38.1. The molecule has 2 aromatic carbocycles. The molecular weight excluding hydrogens is 398 g/mol. The summed E-state index contributed by atoms with van der Waals surface area (Å²) in [4.78, 5) is 12.0. The maximum Gasteiger partial charge on any atom is 0.348 e. The van der Waals surface area contributed by atoms with Crippen molar-refractivity contribution in [2.24, 2.45) is 0 Å². The molecular formula is C16H14BrNO5S. The molecule has 0 aromatic heterocycles. The fourth-order valence-electron chi connectivity index (χ4n) is 2.46. The standard InChI is InChI=1S/C16H14BrNO5S/c1-22-16(19)14-10-18(12-7-3-4-8-13(12)23-14)24(20,21)15-9-5-2-6-11(15)17/h2-9,14H,10H2,1H3/t14-/m0/s1. The largest absolute Gasteiger partial charge is 0.475 e. The summed E-state index contributed by atoms with van der Waals surface area (Å²) in [5.41, 5.74) is 0.383. The molecule has 0 aliphatic carbocycles. The first-order chi connectivity index (χ1) is 11.4.